The third kappa shape index (κ3) is 4.56. The van der Waals surface area contributed by atoms with Crippen molar-refractivity contribution in [1.29, 1.82) is 0 Å². The highest BCUT2D eigenvalue weighted by Gasteiger charge is 2.07. The summed E-state index contributed by atoms with van der Waals surface area (Å²) in [7, 11) is 0. The fourth-order valence-electron chi connectivity index (χ4n) is 1.86. The maximum atomic E-state index is 13.1. The van der Waals surface area contributed by atoms with Crippen LogP contribution in [-0.2, 0) is 4.79 Å². The maximum Gasteiger partial charge on any atom is 0.234 e. The van der Waals surface area contributed by atoms with E-state index in [0.29, 0.717) is 10.8 Å². The average molecular weight is 321 g/mol. The van der Waals surface area contributed by atoms with Crippen LogP contribution in [0.15, 0.2) is 47.4 Å². The second-order valence-electron chi connectivity index (χ2n) is 5.19. The van der Waals surface area contributed by atoms with Crippen LogP contribution in [0.2, 0.25) is 0 Å². The Morgan fingerprint density at radius 3 is 2.36 bits per heavy atom. The van der Waals surface area contributed by atoms with Crippen molar-refractivity contribution in [1.82, 2.24) is 0 Å². The number of hydrogen-bond acceptors (Lipinski definition) is 2. The topological polar surface area (TPSA) is 29.1 Å². The molecule has 0 atom stereocenters. The molecule has 2 aromatic carbocycles. The number of anilines is 1. The second kappa shape index (κ2) is 7.40. The van der Waals surface area contributed by atoms with Crippen LogP contribution in [0.5, 0.6) is 0 Å². The van der Waals surface area contributed by atoms with Crippen molar-refractivity contribution in [3.63, 3.8) is 0 Å². The number of nitrogens with one attached hydrogen (secondary N) is 1. The molecular weight excluding hydrogens is 304 g/mol. The minimum Gasteiger partial charge on any atom is -0.325 e. The van der Waals surface area contributed by atoms with Gasteiger partial charge in [0.25, 0.3) is 0 Å². The molecule has 1 amide bonds. The third-order valence-corrected chi connectivity index (χ3v) is 4.12. The van der Waals surface area contributed by atoms with Gasteiger partial charge in [0.1, 0.15) is 0 Å². The fourth-order valence-corrected chi connectivity index (χ4v) is 2.58. The van der Waals surface area contributed by atoms with E-state index in [2.05, 4.69) is 19.2 Å². The van der Waals surface area contributed by atoms with E-state index in [0.717, 1.165) is 29.6 Å². The van der Waals surface area contributed by atoms with Gasteiger partial charge in [0.2, 0.25) is 5.91 Å². The summed E-state index contributed by atoms with van der Waals surface area (Å²) >= 11 is 1.16. The second-order valence-corrected chi connectivity index (χ2v) is 6.24. The smallest absolute Gasteiger partial charge is 0.234 e. The minimum atomic E-state index is -0.908. The quantitative estimate of drug-likeness (QED) is 0.800. The summed E-state index contributed by atoms with van der Waals surface area (Å²) in [6, 6.07) is 11.3. The Labute approximate surface area is 132 Å². The van der Waals surface area contributed by atoms with Crippen molar-refractivity contribution >= 4 is 23.4 Å². The van der Waals surface area contributed by atoms with Gasteiger partial charge in [-0.2, -0.15) is 0 Å². The number of thioether (sulfide) groups is 1. The van der Waals surface area contributed by atoms with Gasteiger partial charge < -0.3 is 5.32 Å². The van der Waals surface area contributed by atoms with Crippen LogP contribution in [-0.4, -0.2) is 11.7 Å². The molecule has 0 radical (unpaired) electrons. The van der Waals surface area contributed by atoms with Gasteiger partial charge in [-0.3, -0.25) is 4.79 Å². The van der Waals surface area contributed by atoms with Crippen LogP contribution < -0.4 is 5.32 Å². The minimum absolute atomic E-state index is 0.136. The predicted molar refractivity (Wildman–Crippen MR) is 86.2 cm³/mol. The van der Waals surface area contributed by atoms with Gasteiger partial charge in [-0.25, -0.2) is 8.78 Å². The van der Waals surface area contributed by atoms with Crippen molar-refractivity contribution in [3.05, 3.63) is 59.7 Å². The summed E-state index contributed by atoms with van der Waals surface area (Å²) in [6.45, 7) is 4.21. The molecule has 0 fully saturated rings. The monoisotopic (exact) mass is 321 g/mol. The molecule has 0 unspecified atom stereocenters. The summed E-state index contributed by atoms with van der Waals surface area (Å²) < 4.78 is 25.9. The molecule has 0 aliphatic rings. The lowest BCUT2D eigenvalue weighted by atomic mass is 10.0. The number of hydrogen-bond donors (Lipinski definition) is 1. The van der Waals surface area contributed by atoms with Gasteiger partial charge in [-0.15, -0.1) is 11.8 Å². The number of carbonyl (C=O) groups is 1. The summed E-state index contributed by atoms with van der Waals surface area (Å²) in [6.07, 6.45) is 0. The van der Waals surface area contributed by atoms with E-state index in [-0.39, 0.29) is 11.7 Å². The SMILES string of the molecule is CC(C)c1ccc(NC(=O)CSc2ccc(F)c(F)c2)cc1. The predicted octanol–water partition coefficient (Wildman–Crippen LogP) is 4.82. The van der Waals surface area contributed by atoms with E-state index >= 15 is 0 Å². The van der Waals surface area contributed by atoms with Crippen LogP contribution in [0.3, 0.4) is 0 Å². The van der Waals surface area contributed by atoms with E-state index in [9.17, 15) is 13.6 Å². The Balaban J connectivity index is 1.88. The zero-order valence-electron chi connectivity index (χ0n) is 12.4. The summed E-state index contributed by atoms with van der Waals surface area (Å²) in [4.78, 5) is 12.4. The number of halogens is 2. The molecule has 0 bridgehead atoms. The molecule has 116 valence electrons. The zero-order chi connectivity index (χ0) is 16.1. The standard InChI is InChI=1S/C17H17F2NOS/c1-11(2)12-3-5-13(6-4-12)20-17(21)10-22-14-7-8-15(18)16(19)9-14/h3-9,11H,10H2,1-2H3,(H,20,21). The average Bonchev–Trinajstić information content (AvgIpc) is 2.49. The molecule has 0 spiro atoms. The molecule has 0 aliphatic heterocycles. The van der Waals surface area contributed by atoms with Gasteiger partial charge in [0.05, 0.1) is 5.75 Å². The Morgan fingerprint density at radius 1 is 1.09 bits per heavy atom. The molecule has 0 heterocycles. The Bertz CT molecular complexity index is 656. The van der Waals surface area contributed by atoms with E-state index in [1.165, 1.54) is 11.6 Å². The first-order chi connectivity index (χ1) is 10.5. The first kappa shape index (κ1) is 16.5. The van der Waals surface area contributed by atoms with E-state index < -0.39 is 11.6 Å². The fraction of sp³-hybridized carbons (Fsp3) is 0.235. The molecule has 2 rings (SSSR count). The maximum absolute atomic E-state index is 13.1. The van der Waals surface area contributed by atoms with Crippen molar-refractivity contribution in [2.75, 3.05) is 11.1 Å². The molecule has 22 heavy (non-hydrogen) atoms. The molecule has 5 heteroatoms. The molecular formula is C17H17F2NOS. The Morgan fingerprint density at radius 2 is 1.77 bits per heavy atom. The zero-order valence-corrected chi connectivity index (χ0v) is 13.2. The van der Waals surface area contributed by atoms with Crippen molar-refractivity contribution in [2.45, 2.75) is 24.7 Å². The normalized spacial score (nSPS) is 10.8. The summed E-state index contributed by atoms with van der Waals surface area (Å²) in [5.74, 6) is -1.41. The number of benzene rings is 2. The van der Waals surface area contributed by atoms with E-state index in [1.807, 2.05) is 24.3 Å². The van der Waals surface area contributed by atoms with Crippen molar-refractivity contribution in [2.24, 2.45) is 0 Å². The van der Waals surface area contributed by atoms with Gasteiger partial charge in [-0.1, -0.05) is 26.0 Å². The van der Waals surface area contributed by atoms with Crippen LogP contribution in [0.1, 0.15) is 25.3 Å². The highest BCUT2D eigenvalue weighted by Crippen LogP contribution is 2.21. The van der Waals surface area contributed by atoms with Gasteiger partial charge in [-0.05, 0) is 41.8 Å². The molecule has 2 aromatic rings. The molecule has 0 saturated heterocycles. The highest BCUT2D eigenvalue weighted by molar-refractivity contribution is 8.00. The van der Waals surface area contributed by atoms with Crippen LogP contribution in [0.4, 0.5) is 14.5 Å². The van der Waals surface area contributed by atoms with Gasteiger partial charge in [0.15, 0.2) is 11.6 Å². The van der Waals surface area contributed by atoms with Gasteiger partial charge >= 0.3 is 0 Å². The molecule has 2 nitrogen and oxygen atoms in total. The molecule has 0 saturated carbocycles. The number of carbonyl (C=O) groups excluding carboxylic acids is 1. The lowest BCUT2D eigenvalue weighted by molar-refractivity contribution is -0.113. The third-order valence-electron chi connectivity index (χ3n) is 3.12. The largest absolute Gasteiger partial charge is 0.325 e. The molecule has 0 aromatic heterocycles. The van der Waals surface area contributed by atoms with Crippen LogP contribution in [0, 0.1) is 11.6 Å². The van der Waals surface area contributed by atoms with E-state index in [1.54, 1.807) is 0 Å². The van der Waals surface area contributed by atoms with E-state index in [4.69, 9.17) is 0 Å². The number of rotatable bonds is 5. The van der Waals surface area contributed by atoms with Crippen LogP contribution in [0.25, 0.3) is 0 Å². The van der Waals surface area contributed by atoms with Gasteiger partial charge in [0, 0.05) is 10.6 Å². The first-order valence-electron chi connectivity index (χ1n) is 6.93. The number of amides is 1. The highest BCUT2D eigenvalue weighted by atomic mass is 32.2. The van der Waals surface area contributed by atoms with Crippen molar-refractivity contribution in [3.8, 4) is 0 Å². The first-order valence-corrected chi connectivity index (χ1v) is 7.92. The van der Waals surface area contributed by atoms with Crippen LogP contribution >= 0.6 is 11.8 Å². The lowest BCUT2D eigenvalue weighted by Gasteiger charge is -2.08. The Hall–Kier alpha value is -1.88. The molecule has 1 N–H and O–H groups in total. The Kier molecular flexibility index (Phi) is 5.55. The van der Waals surface area contributed by atoms with Crippen molar-refractivity contribution < 1.29 is 13.6 Å². The summed E-state index contributed by atoms with van der Waals surface area (Å²) in [5.41, 5.74) is 1.93. The summed E-state index contributed by atoms with van der Waals surface area (Å²) in [5, 5.41) is 2.78. The lowest BCUT2D eigenvalue weighted by Crippen LogP contribution is -2.14. The molecule has 0 aliphatic carbocycles.